The van der Waals surface area contributed by atoms with Crippen LogP contribution in [-0.2, 0) is 15.9 Å². The van der Waals surface area contributed by atoms with Crippen molar-refractivity contribution >= 4 is 44.7 Å². The summed E-state index contributed by atoms with van der Waals surface area (Å²) in [5, 5.41) is 0. The Morgan fingerprint density at radius 2 is 2.08 bits per heavy atom. The lowest BCUT2D eigenvalue weighted by atomic mass is 10.4. The molecule has 0 spiro atoms. The average molecular weight is 247 g/mol. The van der Waals surface area contributed by atoms with Crippen LogP contribution >= 0.6 is 34.5 Å². The highest BCUT2D eigenvalue weighted by Crippen LogP contribution is 2.31. The van der Waals surface area contributed by atoms with Crippen LogP contribution in [0, 0.1) is 0 Å². The van der Waals surface area contributed by atoms with Crippen LogP contribution in [0.5, 0.6) is 0 Å². The lowest BCUT2D eigenvalue weighted by Gasteiger charge is -1.92. The first-order valence-electron chi connectivity index (χ1n) is 2.77. The van der Waals surface area contributed by atoms with E-state index in [0.29, 0.717) is 9.90 Å². The van der Waals surface area contributed by atoms with Crippen LogP contribution in [0.3, 0.4) is 0 Å². The van der Waals surface area contributed by atoms with Crippen LogP contribution in [0.4, 0.5) is 0 Å². The van der Waals surface area contributed by atoms with Gasteiger partial charge in [-0.3, -0.25) is 4.55 Å². The van der Waals surface area contributed by atoms with Gasteiger partial charge < -0.3 is 0 Å². The minimum atomic E-state index is -4.02. The van der Waals surface area contributed by atoms with Gasteiger partial charge in [-0.1, -0.05) is 23.2 Å². The molecule has 0 aliphatic carbocycles. The second kappa shape index (κ2) is 3.51. The second-order valence-electron chi connectivity index (χ2n) is 2.08. The first-order chi connectivity index (χ1) is 5.38. The molecule has 0 saturated carbocycles. The summed E-state index contributed by atoms with van der Waals surface area (Å²) in [5.41, 5.74) is 0.328. The smallest absolute Gasteiger partial charge is 0.269 e. The van der Waals surface area contributed by atoms with E-state index >= 15 is 0 Å². The number of halogens is 2. The zero-order valence-corrected chi connectivity index (χ0v) is 8.77. The molecule has 68 valence electrons. The van der Waals surface area contributed by atoms with Gasteiger partial charge >= 0.3 is 0 Å². The molecule has 0 fully saturated rings. The molecular formula is C5H4Cl2O3S2. The molecule has 1 heterocycles. The van der Waals surface area contributed by atoms with Crippen LogP contribution in [0.2, 0.25) is 8.67 Å². The third-order valence-electron chi connectivity index (χ3n) is 1.07. The fourth-order valence-electron chi connectivity index (χ4n) is 0.669. The van der Waals surface area contributed by atoms with Crippen molar-refractivity contribution in [2.24, 2.45) is 0 Å². The van der Waals surface area contributed by atoms with Gasteiger partial charge in [-0.2, -0.15) is 8.42 Å². The van der Waals surface area contributed by atoms with E-state index in [9.17, 15) is 8.42 Å². The van der Waals surface area contributed by atoms with Gasteiger partial charge in [0, 0.05) is 5.56 Å². The third-order valence-corrected chi connectivity index (χ3v) is 3.31. The molecule has 0 unspecified atom stereocenters. The van der Waals surface area contributed by atoms with Crippen molar-refractivity contribution < 1.29 is 13.0 Å². The van der Waals surface area contributed by atoms with Crippen molar-refractivity contribution in [1.82, 2.24) is 0 Å². The molecule has 1 rings (SSSR count). The maximum atomic E-state index is 10.4. The molecule has 0 aliphatic rings. The first kappa shape index (κ1) is 10.3. The van der Waals surface area contributed by atoms with E-state index in [2.05, 4.69) is 0 Å². The van der Waals surface area contributed by atoms with Gasteiger partial charge in [-0.25, -0.2) is 0 Å². The molecule has 0 saturated heterocycles. The van der Waals surface area contributed by atoms with E-state index in [1.807, 2.05) is 0 Å². The summed E-state index contributed by atoms with van der Waals surface area (Å²) in [6.45, 7) is 0. The summed E-state index contributed by atoms with van der Waals surface area (Å²) in [6.07, 6.45) is 0. The molecule has 3 nitrogen and oxygen atoms in total. The molecule has 1 aromatic rings. The zero-order valence-electron chi connectivity index (χ0n) is 5.62. The lowest BCUT2D eigenvalue weighted by molar-refractivity contribution is 0.482. The SMILES string of the molecule is O=S(=O)(O)Cc1cc(Cl)sc1Cl. The minimum absolute atomic E-state index is 0.289. The molecule has 7 heteroatoms. The van der Waals surface area contributed by atoms with Crippen molar-refractivity contribution in [3.8, 4) is 0 Å². The van der Waals surface area contributed by atoms with Crippen LogP contribution in [0.25, 0.3) is 0 Å². The molecule has 0 atom stereocenters. The fraction of sp³-hybridized carbons (Fsp3) is 0.200. The molecule has 12 heavy (non-hydrogen) atoms. The highest BCUT2D eigenvalue weighted by Gasteiger charge is 2.12. The second-order valence-corrected chi connectivity index (χ2v) is 5.81. The topological polar surface area (TPSA) is 54.4 Å². The van der Waals surface area contributed by atoms with E-state index < -0.39 is 15.9 Å². The normalized spacial score (nSPS) is 11.9. The van der Waals surface area contributed by atoms with Gasteiger partial charge in [0.25, 0.3) is 10.1 Å². The monoisotopic (exact) mass is 246 g/mol. The van der Waals surface area contributed by atoms with E-state index in [1.165, 1.54) is 6.07 Å². The minimum Gasteiger partial charge on any atom is -0.285 e. The Morgan fingerprint density at radius 3 is 2.42 bits per heavy atom. The van der Waals surface area contributed by atoms with Gasteiger partial charge in [0.2, 0.25) is 0 Å². The summed E-state index contributed by atoms with van der Waals surface area (Å²) in [6, 6.07) is 1.42. The molecule has 1 N–H and O–H groups in total. The van der Waals surface area contributed by atoms with Crippen LogP contribution in [0.15, 0.2) is 6.07 Å². The maximum Gasteiger partial charge on any atom is 0.269 e. The highest BCUT2D eigenvalue weighted by atomic mass is 35.5. The zero-order chi connectivity index (χ0) is 9.35. The molecular weight excluding hydrogens is 243 g/mol. The van der Waals surface area contributed by atoms with E-state index in [4.69, 9.17) is 27.8 Å². The molecule has 0 aliphatic heterocycles. The predicted molar refractivity (Wildman–Crippen MR) is 49.6 cm³/mol. The Morgan fingerprint density at radius 1 is 1.50 bits per heavy atom. The van der Waals surface area contributed by atoms with Gasteiger partial charge in [-0.15, -0.1) is 11.3 Å². The lowest BCUT2D eigenvalue weighted by Crippen LogP contribution is -2.00. The summed E-state index contributed by atoms with van der Waals surface area (Å²) in [7, 11) is -4.02. The summed E-state index contributed by atoms with van der Waals surface area (Å²) >= 11 is 12.2. The van der Waals surface area contributed by atoms with E-state index in [0.717, 1.165) is 11.3 Å². The Bertz CT molecular complexity index is 381. The Kier molecular flexibility index (Phi) is 3.01. The number of hydrogen-bond acceptors (Lipinski definition) is 3. The molecule has 0 radical (unpaired) electrons. The largest absolute Gasteiger partial charge is 0.285 e. The van der Waals surface area contributed by atoms with Crippen LogP contribution in [-0.4, -0.2) is 13.0 Å². The first-order valence-corrected chi connectivity index (χ1v) is 5.95. The Hall–Kier alpha value is 0.190. The number of hydrogen-bond donors (Lipinski definition) is 1. The molecule has 1 aromatic heterocycles. The predicted octanol–water partition coefficient (Wildman–Crippen LogP) is 2.44. The Labute approximate surface area is 83.7 Å². The quantitative estimate of drug-likeness (QED) is 0.816. The van der Waals surface area contributed by atoms with Gasteiger partial charge in [-0.05, 0) is 6.07 Å². The number of rotatable bonds is 2. The third kappa shape index (κ3) is 2.91. The standard InChI is InChI=1S/C5H4Cl2O3S2/c6-4-1-3(5(7)11-4)2-12(8,9)10/h1H,2H2,(H,8,9,10). The molecule has 0 bridgehead atoms. The highest BCUT2D eigenvalue weighted by molar-refractivity contribution is 7.85. The summed E-state index contributed by atoms with van der Waals surface area (Å²) in [5.74, 6) is -0.491. The number of thiophene rings is 1. The summed E-state index contributed by atoms with van der Waals surface area (Å²) in [4.78, 5) is 0. The van der Waals surface area contributed by atoms with Crippen molar-refractivity contribution in [1.29, 1.82) is 0 Å². The van der Waals surface area contributed by atoms with Crippen molar-refractivity contribution in [2.45, 2.75) is 5.75 Å². The van der Waals surface area contributed by atoms with Crippen LogP contribution < -0.4 is 0 Å². The van der Waals surface area contributed by atoms with Crippen molar-refractivity contribution in [2.75, 3.05) is 0 Å². The van der Waals surface area contributed by atoms with Crippen LogP contribution in [0.1, 0.15) is 5.56 Å². The van der Waals surface area contributed by atoms with Crippen molar-refractivity contribution in [3.63, 3.8) is 0 Å². The Balaban J connectivity index is 2.97. The van der Waals surface area contributed by atoms with Gasteiger partial charge in [0.1, 0.15) is 5.75 Å². The molecule has 0 aromatic carbocycles. The van der Waals surface area contributed by atoms with E-state index in [-0.39, 0.29) is 4.34 Å². The van der Waals surface area contributed by atoms with Crippen molar-refractivity contribution in [3.05, 3.63) is 20.3 Å². The summed E-state index contributed by atoms with van der Waals surface area (Å²) < 4.78 is 30.0. The molecule has 0 amide bonds. The van der Waals surface area contributed by atoms with Gasteiger partial charge in [0.05, 0.1) is 8.67 Å². The fourth-order valence-corrected chi connectivity index (χ4v) is 2.95. The van der Waals surface area contributed by atoms with Gasteiger partial charge in [0.15, 0.2) is 0 Å². The average Bonchev–Trinajstić information content (AvgIpc) is 2.06. The van der Waals surface area contributed by atoms with E-state index in [1.54, 1.807) is 0 Å². The maximum absolute atomic E-state index is 10.4.